The molecule has 1 aromatic heterocycles. The largest absolute Gasteiger partial charge is 0.448 e. The van der Waals surface area contributed by atoms with Gasteiger partial charge >= 0.3 is 0 Å². The second kappa shape index (κ2) is 5.10. The molecule has 0 N–H and O–H groups in total. The molecular formula is C13H16ClN3O3. The van der Waals surface area contributed by atoms with Crippen LogP contribution in [0.5, 0.6) is 0 Å². The van der Waals surface area contributed by atoms with Crippen LogP contribution in [-0.2, 0) is 16.1 Å². The number of furan rings is 1. The van der Waals surface area contributed by atoms with Gasteiger partial charge in [0, 0.05) is 26.7 Å². The molecular weight excluding hydrogens is 282 g/mol. The van der Waals surface area contributed by atoms with Crippen molar-refractivity contribution in [2.45, 2.75) is 12.6 Å². The molecule has 7 heteroatoms. The lowest BCUT2D eigenvalue weighted by Gasteiger charge is -2.45. The molecule has 1 atom stereocenters. The van der Waals surface area contributed by atoms with Gasteiger partial charge in [-0.2, -0.15) is 0 Å². The molecule has 0 aliphatic carbocycles. The first-order valence-electron chi connectivity index (χ1n) is 6.55. The second-order valence-electron chi connectivity index (χ2n) is 5.24. The fraction of sp³-hybridized carbons (Fsp3) is 0.538. The lowest BCUT2D eigenvalue weighted by molar-refractivity contribution is -0.158. The van der Waals surface area contributed by atoms with Crippen LogP contribution in [0.2, 0.25) is 5.22 Å². The first kappa shape index (κ1) is 13.5. The van der Waals surface area contributed by atoms with Crippen LogP contribution in [0.1, 0.15) is 5.76 Å². The summed E-state index contributed by atoms with van der Waals surface area (Å²) < 4.78 is 5.34. The molecule has 2 aliphatic rings. The number of hydrogen-bond donors (Lipinski definition) is 0. The third kappa shape index (κ3) is 2.41. The first-order valence-corrected chi connectivity index (χ1v) is 6.93. The standard InChI is InChI=1S/C13H16ClN3O3/c1-15-8-12(18)17-5-4-16(7-10(17)13(15)19)6-9-2-3-11(14)20-9/h2-3,10H,4-8H2,1H3/t10-/m1/s1. The van der Waals surface area contributed by atoms with Crippen molar-refractivity contribution >= 4 is 23.4 Å². The van der Waals surface area contributed by atoms with Crippen LogP contribution < -0.4 is 0 Å². The molecule has 0 saturated carbocycles. The van der Waals surface area contributed by atoms with Gasteiger partial charge in [-0.15, -0.1) is 0 Å². The first-order chi connectivity index (χ1) is 9.54. The van der Waals surface area contributed by atoms with Crippen molar-refractivity contribution in [3.63, 3.8) is 0 Å². The Kier molecular flexibility index (Phi) is 3.43. The highest BCUT2D eigenvalue weighted by Gasteiger charge is 2.41. The third-order valence-electron chi connectivity index (χ3n) is 3.83. The maximum atomic E-state index is 12.2. The van der Waals surface area contributed by atoms with Crippen molar-refractivity contribution < 1.29 is 14.0 Å². The molecule has 0 radical (unpaired) electrons. The van der Waals surface area contributed by atoms with Crippen LogP contribution in [0.4, 0.5) is 0 Å². The third-order valence-corrected chi connectivity index (χ3v) is 4.03. The Morgan fingerprint density at radius 1 is 1.35 bits per heavy atom. The number of likely N-dealkylation sites (N-methyl/N-ethyl adjacent to an activating group) is 1. The summed E-state index contributed by atoms with van der Waals surface area (Å²) >= 11 is 5.75. The van der Waals surface area contributed by atoms with Gasteiger partial charge in [-0.1, -0.05) is 0 Å². The van der Waals surface area contributed by atoms with Gasteiger partial charge in [0.2, 0.25) is 11.8 Å². The molecule has 0 aromatic carbocycles. The average Bonchev–Trinajstić information content (AvgIpc) is 2.81. The van der Waals surface area contributed by atoms with Gasteiger partial charge < -0.3 is 14.2 Å². The molecule has 0 spiro atoms. The van der Waals surface area contributed by atoms with E-state index in [1.807, 2.05) is 6.07 Å². The van der Waals surface area contributed by atoms with Gasteiger partial charge in [0.05, 0.1) is 13.1 Å². The molecule has 1 aromatic rings. The smallest absolute Gasteiger partial charge is 0.246 e. The fourth-order valence-corrected chi connectivity index (χ4v) is 2.94. The quantitative estimate of drug-likeness (QED) is 0.794. The zero-order chi connectivity index (χ0) is 14.3. The number of halogens is 1. The van der Waals surface area contributed by atoms with Crippen LogP contribution in [0.25, 0.3) is 0 Å². The van der Waals surface area contributed by atoms with Gasteiger partial charge in [0.15, 0.2) is 5.22 Å². The highest BCUT2D eigenvalue weighted by molar-refractivity contribution is 6.28. The number of hydrogen-bond acceptors (Lipinski definition) is 4. The van der Waals surface area contributed by atoms with Gasteiger partial charge in [-0.05, 0) is 23.7 Å². The van der Waals surface area contributed by atoms with Crippen LogP contribution in [-0.4, -0.2) is 65.8 Å². The maximum Gasteiger partial charge on any atom is 0.246 e. The summed E-state index contributed by atoms with van der Waals surface area (Å²) in [5, 5.41) is 0.363. The topological polar surface area (TPSA) is 57.0 Å². The van der Waals surface area contributed by atoms with E-state index in [1.54, 1.807) is 18.0 Å². The van der Waals surface area contributed by atoms with E-state index in [-0.39, 0.29) is 24.4 Å². The predicted octanol–water partition coefficient (Wildman–Crippen LogP) is 0.418. The van der Waals surface area contributed by atoms with Gasteiger partial charge in [0.1, 0.15) is 11.8 Å². The Bertz CT molecular complexity index is 545. The molecule has 2 aliphatic heterocycles. The SMILES string of the molecule is CN1CC(=O)N2CCN(Cc3ccc(Cl)o3)C[C@@H]2C1=O. The molecule has 6 nitrogen and oxygen atoms in total. The monoisotopic (exact) mass is 297 g/mol. The Morgan fingerprint density at radius 3 is 2.85 bits per heavy atom. The number of piperazine rings is 2. The van der Waals surface area contributed by atoms with Crippen molar-refractivity contribution in [3.05, 3.63) is 23.1 Å². The lowest BCUT2D eigenvalue weighted by Crippen LogP contribution is -2.65. The minimum absolute atomic E-state index is 0.00628. The Hall–Kier alpha value is -1.53. The molecule has 2 saturated heterocycles. The van der Waals surface area contributed by atoms with Gasteiger partial charge in [-0.25, -0.2) is 0 Å². The number of nitrogens with zero attached hydrogens (tertiary/aromatic N) is 3. The average molecular weight is 298 g/mol. The highest BCUT2D eigenvalue weighted by Crippen LogP contribution is 2.20. The molecule has 2 amide bonds. The Morgan fingerprint density at radius 2 is 2.15 bits per heavy atom. The summed E-state index contributed by atoms with van der Waals surface area (Å²) in [6.07, 6.45) is 0. The summed E-state index contributed by atoms with van der Waals surface area (Å²) in [6.45, 7) is 2.63. The number of amides is 2. The molecule has 0 unspecified atom stereocenters. The summed E-state index contributed by atoms with van der Waals surface area (Å²) in [5.41, 5.74) is 0. The predicted molar refractivity (Wildman–Crippen MR) is 72.1 cm³/mol. The van der Waals surface area contributed by atoms with E-state index in [2.05, 4.69) is 4.90 Å². The minimum atomic E-state index is -0.375. The van der Waals surface area contributed by atoms with Gasteiger partial charge in [0.25, 0.3) is 0 Å². The van der Waals surface area contributed by atoms with Crippen molar-refractivity contribution in [1.82, 2.24) is 14.7 Å². The zero-order valence-electron chi connectivity index (χ0n) is 11.2. The van der Waals surface area contributed by atoms with E-state index < -0.39 is 0 Å². The molecule has 3 heterocycles. The number of carbonyl (C=O) groups excluding carboxylic acids is 2. The van der Waals surface area contributed by atoms with E-state index in [0.29, 0.717) is 24.9 Å². The normalized spacial score (nSPS) is 24.2. The van der Waals surface area contributed by atoms with E-state index >= 15 is 0 Å². The van der Waals surface area contributed by atoms with Crippen LogP contribution >= 0.6 is 11.6 Å². The second-order valence-corrected chi connectivity index (χ2v) is 5.61. The summed E-state index contributed by atoms with van der Waals surface area (Å²) in [7, 11) is 1.67. The number of carbonyl (C=O) groups is 2. The van der Waals surface area contributed by atoms with E-state index in [0.717, 1.165) is 12.3 Å². The highest BCUT2D eigenvalue weighted by atomic mass is 35.5. The maximum absolute atomic E-state index is 12.2. The summed E-state index contributed by atoms with van der Waals surface area (Å²) in [4.78, 5) is 29.4. The van der Waals surface area contributed by atoms with Crippen molar-refractivity contribution in [2.75, 3.05) is 33.2 Å². The van der Waals surface area contributed by atoms with Crippen LogP contribution in [0.15, 0.2) is 16.5 Å². The van der Waals surface area contributed by atoms with Crippen LogP contribution in [0.3, 0.4) is 0 Å². The molecule has 20 heavy (non-hydrogen) atoms. The van der Waals surface area contributed by atoms with Crippen molar-refractivity contribution in [2.24, 2.45) is 0 Å². The van der Waals surface area contributed by atoms with E-state index in [1.165, 1.54) is 4.90 Å². The fourth-order valence-electron chi connectivity index (χ4n) is 2.78. The molecule has 0 bridgehead atoms. The zero-order valence-corrected chi connectivity index (χ0v) is 12.0. The summed E-state index contributed by atoms with van der Waals surface area (Å²) in [6, 6.07) is 3.16. The molecule has 3 rings (SSSR count). The van der Waals surface area contributed by atoms with E-state index in [4.69, 9.17) is 16.0 Å². The number of rotatable bonds is 2. The minimum Gasteiger partial charge on any atom is -0.448 e. The Labute approximate surface area is 121 Å². The number of fused-ring (bicyclic) bond motifs is 1. The van der Waals surface area contributed by atoms with Crippen molar-refractivity contribution in [3.8, 4) is 0 Å². The summed E-state index contributed by atoms with van der Waals surface area (Å²) in [5.74, 6) is 0.802. The van der Waals surface area contributed by atoms with Crippen molar-refractivity contribution in [1.29, 1.82) is 0 Å². The molecule has 2 fully saturated rings. The van der Waals surface area contributed by atoms with E-state index in [9.17, 15) is 9.59 Å². The van der Waals surface area contributed by atoms with Crippen LogP contribution in [0, 0.1) is 0 Å². The molecule has 108 valence electrons. The Balaban J connectivity index is 1.70. The van der Waals surface area contributed by atoms with Gasteiger partial charge in [-0.3, -0.25) is 14.5 Å². The lowest BCUT2D eigenvalue weighted by atomic mass is 10.1.